The van der Waals surface area contributed by atoms with E-state index >= 15 is 0 Å². The van der Waals surface area contributed by atoms with E-state index in [1.54, 1.807) is 0 Å². The van der Waals surface area contributed by atoms with Crippen LogP contribution in [-0.2, 0) is 0 Å². The molecule has 0 N–H and O–H groups in total. The molecule has 1 heteroatoms. The first-order valence-corrected chi connectivity index (χ1v) is 4.08. The molecular weight excluding hydrogens is 146 g/mol. The maximum Gasteiger partial charge on any atom is 0.132 e. The third kappa shape index (κ3) is 1.95. The lowest BCUT2D eigenvalue weighted by atomic mass is 10.2. The summed E-state index contributed by atoms with van der Waals surface area (Å²) in [6.45, 7) is 3.75. The van der Waals surface area contributed by atoms with E-state index in [4.69, 9.17) is 0 Å². The average Bonchev–Trinajstić information content (AvgIpc) is 2.03. The van der Waals surface area contributed by atoms with Crippen molar-refractivity contribution in [1.29, 1.82) is 0 Å². The Morgan fingerprint density at radius 1 is 1.25 bits per heavy atom. The van der Waals surface area contributed by atoms with E-state index in [9.17, 15) is 0 Å². The fourth-order valence-electron chi connectivity index (χ4n) is 1.07. The Bertz CT molecular complexity index is 281. The average molecular weight is 162 g/mol. The van der Waals surface area contributed by atoms with E-state index < -0.39 is 0 Å². The lowest BCUT2D eigenvalue weighted by Gasteiger charge is -2.23. The lowest BCUT2D eigenvalue weighted by Crippen LogP contribution is -2.34. The number of benzene rings is 1. The molecule has 0 unspecified atom stereocenters. The summed E-state index contributed by atoms with van der Waals surface area (Å²) in [5.41, 5.74) is 2.48. The van der Waals surface area contributed by atoms with Crippen LogP contribution >= 0.6 is 0 Å². The predicted octanol–water partition coefficient (Wildman–Crippen LogP) is 2.53. The van der Waals surface area contributed by atoms with Crippen LogP contribution in [0.5, 0.6) is 0 Å². The van der Waals surface area contributed by atoms with Crippen LogP contribution in [-0.4, -0.2) is 21.1 Å². The van der Waals surface area contributed by atoms with Crippen LogP contribution in [0.15, 0.2) is 30.8 Å². The Kier molecular flexibility index (Phi) is 2.34. The molecule has 0 atom stereocenters. The second-order valence-electron chi connectivity index (χ2n) is 3.81. The standard InChI is InChI=1S/C11H16N/c1-5-10-7-6-8-11(9-10)12(2,3)4/h5-9H,1H2,2-4H3/q+1. The van der Waals surface area contributed by atoms with Crippen molar-refractivity contribution in [2.45, 2.75) is 0 Å². The molecule has 64 valence electrons. The normalized spacial score (nSPS) is 11.2. The van der Waals surface area contributed by atoms with Crippen molar-refractivity contribution in [3.05, 3.63) is 36.4 Å². The smallest absolute Gasteiger partial charge is 0.132 e. The minimum Gasteiger partial charge on any atom is -0.298 e. The Labute approximate surface area is 74.5 Å². The number of hydrogen-bond donors (Lipinski definition) is 0. The summed E-state index contributed by atoms with van der Waals surface area (Å²) in [5.74, 6) is 0. The first-order chi connectivity index (χ1) is 5.54. The molecule has 0 saturated heterocycles. The maximum atomic E-state index is 3.75. The Morgan fingerprint density at radius 2 is 1.92 bits per heavy atom. The van der Waals surface area contributed by atoms with Crippen molar-refractivity contribution in [3.63, 3.8) is 0 Å². The molecule has 0 heterocycles. The number of quaternary nitrogens is 1. The highest BCUT2D eigenvalue weighted by molar-refractivity contribution is 5.55. The summed E-state index contributed by atoms with van der Waals surface area (Å²) in [6, 6.07) is 8.42. The Balaban J connectivity index is 3.10. The van der Waals surface area contributed by atoms with E-state index in [0.29, 0.717) is 0 Å². The molecule has 0 saturated carbocycles. The summed E-state index contributed by atoms with van der Waals surface area (Å²) in [7, 11) is 6.46. The zero-order valence-corrected chi connectivity index (χ0v) is 8.04. The van der Waals surface area contributed by atoms with Crippen LogP contribution in [0.3, 0.4) is 0 Å². The van der Waals surface area contributed by atoms with E-state index in [1.807, 2.05) is 6.08 Å². The van der Waals surface area contributed by atoms with Gasteiger partial charge in [-0.25, -0.2) is 0 Å². The molecule has 0 amide bonds. The van der Waals surface area contributed by atoms with E-state index in [1.165, 1.54) is 11.3 Å². The van der Waals surface area contributed by atoms with Crippen molar-refractivity contribution in [3.8, 4) is 0 Å². The largest absolute Gasteiger partial charge is 0.298 e. The molecule has 1 aromatic rings. The zero-order chi connectivity index (χ0) is 9.19. The van der Waals surface area contributed by atoms with Crippen LogP contribution in [0.1, 0.15) is 5.56 Å². The summed E-state index contributed by atoms with van der Waals surface area (Å²) in [5, 5.41) is 0. The first-order valence-electron chi connectivity index (χ1n) is 4.08. The van der Waals surface area contributed by atoms with Gasteiger partial charge < -0.3 is 0 Å². The minimum absolute atomic E-state index is 0.849. The molecule has 1 rings (SSSR count). The van der Waals surface area contributed by atoms with E-state index in [-0.39, 0.29) is 0 Å². The van der Waals surface area contributed by atoms with Gasteiger partial charge in [0, 0.05) is 6.07 Å². The molecule has 0 aliphatic rings. The molecule has 0 aromatic heterocycles. The maximum absolute atomic E-state index is 3.75. The zero-order valence-electron chi connectivity index (χ0n) is 8.04. The number of hydrogen-bond acceptors (Lipinski definition) is 0. The molecule has 0 bridgehead atoms. The van der Waals surface area contributed by atoms with Gasteiger partial charge in [0.05, 0.1) is 21.1 Å². The predicted molar refractivity (Wildman–Crippen MR) is 56.1 cm³/mol. The topological polar surface area (TPSA) is 0 Å². The van der Waals surface area contributed by atoms with Gasteiger partial charge in [0.1, 0.15) is 5.69 Å². The molecule has 1 aromatic carbocycles. The fourth-order valence-corrected chi connectivity index (χ4v) is 1.07. The van der Waals surface area contributed by atoms with Gasteiger partial charge in [0.25, 0.3) is 0 Å². The van der Waals surface area contributed by atoms with Gasteiger partial charge in [-0.3, -0.25) is 4.48 Å². The van der Waals surface area contributed by atoms with E-state index in [2.05, 4.69) is 52.0 Å². The fraction of sp³-hybridized carbons (Fsp3) is 0.273. The van der Waals surface area contributed by atoms with Gasteiger partial charge in [-0.1, -0.05) is 24.8 Å². The van der Waals surface area contributed by atoms with Gasteiger partial charge >= 0.3 is 0 Å². The summed E-state index contributed by atoms with van der Waals surface area (Å²) >= 11 is 0. The lowest BCUT2D eigenvalue weighted by molar-refractivity contribution is 0.486. The van der Waals surface area contributed by atoms with Crippen LogP contribution in [0, 0.1) is 0 Å². The second-order valence-corrected chi connectivity index (χ2v) is 3.81. The summed E-state index contributed by atoms with van der Waals surface area (Å²) < 4.78 is 0.849. The van der Waals surface area contributed by atoms with Crippen LogP contribution in [0.25, 0.3) is 6.08 Å². The SMILES string of the molecule is C=Cc1cccc([N+](C)(C)C)c1. The van der Waals surface area contributed by atoms with Crippen molar-refractivity contribution in [2.24, 2.45) is 0 Å². The molecular formula is C11H16N+. The first kappa shape index (κ1) is 9.01. The monoisotopic (exact) mass is 162 g/mol. The van der Waals surface area contributed by atoms with Gasteiger partial charge in [-0.2, -0.15) is 0 Å². The molecule has 0 radical (unpaired) electrons. The second kappa shape index (κ2) is 3.11. The molecule has 0 spiro atoms. The minimum atomic E-state index is 0.849. The van der Waals surface area contributed by atoms with Gasteiger partial charge in [0.15, 0.2) is 0 Å². The van der Waals surface area contributed by atoms with Crippen LogP contribution in [0.2, 0.25) is 0 Å². The Morgan fingerprint density at radius 3 is 2.42 bits per heavy atom. The molecule has 0 fully saturated rings. The van der Waals surface area contributed by atoms with Gasteiger partial charge in [-0.15, -0.1) is 0 Å². The molecule has 0 aliphatic heterocycles. The van der Waals surface area contributed by atoms with Crippen molar-refractivity contribution in [2.75, 3.05) is 21.1 Å². The summed E-state index contributed by atoms with van der Waals surface area (Å²) in [6.07, 6.45) is 1.87. The summed E-state index contributed by atoms with van der Waals surface area (Å²) in [4.78, 5) is 0. The van der Waals surface area contributed by atoms with E-state index in [0.717, 1.165) is 4.48 Å². The highest BCUT2D eigenvalue weighted by atomic mass is 15.3. The number of nitrogens with zero attached hydrogens (tertiary/aromatic N) is 1. The van der Waals surface area contributed by atoms with Crippen LogP contribution in [0.4, 0.5) is 5.69 Å². The van der Waals surface area contributed by atoms with Crippen molar-refractivity contribution >= 4 is 11.8 Å². The highest BCUT2D eigenvalue weighted by Crippen LogP contribution is 2.18. The third-order valence-electron chi connectivity index (χ3n) is 1.88. The highest BCUT2D eigenvalue weighted by Gasteiger charge is 2.10. The van der Waals surface area contributed by atoms with Crippen LogP contribution < -0.4 is 4.48 Å². The van der Waals surface area contributed by atoms with Gasteiger partial charge in [-0.05, 0) is 11.6 Å². The van der Waals surface area contributed by atoms with Gasteiger partial charge in [0.2, 0.25) is 0 Å². The molecule has 1 nitrogen and oxygen atoms in total. The number of rotatable bonds is 2. The third-order valence-corrected chi connectivity index (χ3v) is 1.88. The van der Waals surface area contributed by atoms with Crippen molar-refractivity contribution in [1.82, 2.24) is 4.48 Å². The molecule has 12 heavy (non-hydrogen) atoms. The quantitative estimate of drug-likeness (QED) is 0.586. The Hall–Kier alpha value is -1.08. The molecule has 0 aliphatic carbocycles. The van der Waals surface area contributed by atoms with Crippen molar-refractivity contribution < 1.29 is 0 Å².